The summed E-state index contributed by atoms with van der Waals surface area (Å²) in [6.07, 6.45) is 1.70. The number of imidazole rings is 1. The van der Waals surface area contributed by atoms with E-state index >= 15 is 0 Å². The zero-order valence-corrected chi connectivity index (χ0v) is 18.3. The Morgan fingerprint density at radius 3 is 2.75 bits per heavy atom. The molecule has 1 saturated heterocycles. The number of hydrogen-bond donors (Lipinski definition) is 3. The van der Waals surface area contributed by atoms with Gasteiger partial charge in [0.05, 0.1) is 37.5 Å². The first-order valence-corrected chi connectivity index (χ1v) is 10.8. The van der Waals surface area contributed by atoms with E-state index in [1.807, 2.05) is 17.6 Å². The fourth-order valence-electron chi connectivity index (χ4n) is 3.80. The van der Waals surface area contributed by atoms with Crippen LogP contribution >= 0.6 is 0 Å². The molecule has 32 heavy (non-hydrogen) atoms. The van der Waals surface area contributed by atoms with Gasteiger partial charge in [0, 0.05) is 18.2 Å². The topological polar surface area (TPSA) is 119 Å². The highest BCUT2D eigenvalue weighted by atomic mass is 16.5. The van der Waals surface area contributed by atoms with Crippen molar-refractivity contribution in [3.05, 3.63) is 41.1 Å². The number of aromatic nitrogens is 3. The molecule has 1 aliphatic rings. The van der Waals surface area contributed by atoms with Crippen molar-refractivity contribution < 1.29 is 24.5 Å². The normalized spacial score (nSPS) is 13.8. The molecule has 3 aromatic rings. The van der Waals surface area contributed by atoms with Gasteiger partial charge in [-0.2, -0.15) is 0 Å². The lowest BCUT2D eigenvalue weighted by Gasteiger charge is -2.25. The van der Waals surface area contributed by atoms with Gasteiger partial charge in [0.1, 0.15) is 17.1 Å². The van der Waals surface area contributed by atoms with Gasteiger partial charge >= 0.3 is 5.97 Å². The van der Waals surface area contributed by atoms with Gasteiger partial charge in [-0.25, -0.2) is 14.8 Å². The van der Waals surface area contributed by atoms with Crippen molar-refractivity contribution in [1.29, 1.82) is 0 Å². The molecule has 2 aromatic heterocycles. The third-order valence-electron chi connectivity index (χ3n) is 5.43. The van der Waals surface area contributed by atoms with E-state index in [1.54, 1.807) is 18.2 Å². The molecule has 1 aliphatic heterocycles. The van der Waals surface area contributed by atoms with Crippen LogP contribution in [0.4, 0.5) is 11.8 Å². The summed E-state index contributed by atoms with van der Waals surface area (Å²) in [4.78, 5) is 20.9. The fourth-order valence-corrected chi connectivity index (χ4v) is 3.80. The number of carboxylic acids is 1. The standard InChI is InChI=1S/C23H28N4O5/c1-3-5-27-21-18(25-23(27)26-20-8-16(11-28)7-14(2)24-20)9-17(22(29)30)10-19(21)32-6-4-15-12-31-13-15/h7-10,15,28H,3-6,11-13H2,1-2H3,(H,29,30)(H,24,25,26). The van der Waals surface area contributed by atoms with Crippen molar-refractivity contribution >= 4 is 28.8 Å². The minimum Gasteiger partial charge on any atom is -0.491 e. The van der Waals surface area contributed by atoms with E-state index in [0.29, 0.717) is 42.1 Å². The number of rotatable bonds is 10. The Labute approximate surface area is 186 Å². The van der Waals surface area contributed by atoms with Crippen molar-refractivity contribution in [3.63, 3.8) is 0 Å². The van der Waals surface area contributed by atoms with E-state index < -0.39 is 5.97 Å². The third-order valence-corrected chi connectivity index (χ3v) is 5.43. The molecular weight excluding hydrogens is 412 g/mol. The lowest BCUT2D eigenvalue weighted by Crippen LogP contribution is -2.28. The second kappa shape index (κ2) is 9.54. The maximum absolute atomic E-state index is 11.7. The van der Waals surface area contributed by atoms with Crippen molar-refractivity contribution in [1.82, 2.24) is 14.5 Å². The minimum atomic E-state index is -1.03. The van der Waals surface area contributed by atoms with Crippen LogP contribution in [0.3, 0.4) is 0 Å². The predicted molar refractivity (Wildman–Crippen MR) is 120 cm³/mol. The molecule has 0 atom stereocenters. The summed E-state index contributed by atoms with van der Waals surface area (Å²) in [7, 11) is 0. The van der Waals surface area contributed by atoms with Gasteiger partial charge < -0.3 is 29.6 Å². The highest BCUT2D eigenvalue weighted by Crippen LogP contribution is 2.32. The number of benzene rings is 1. The number of pyridine rings is 1. The lowest BCUT2D eigenvalue weighted by molar-refractivity contribution is -0.0400. The van der Waals surface area contributed by atoms with Crippen molar-refractivity contribution in [3.8, 4) is 5.75 Å². The number of aromatic carboxylic acids is 1. The Balaban J connectivity index is 1.73. The number of aliphatic hydroxyl groups is 1. The van der Waals surface area contributed by atoms with Crippen LogP contribution in [0.25, 0.3) is 11.0 Å². The smallest absolute Gasteiger partial charge is 0.335 e. The zero-order valence-electron chi connectivity index (χ0n) is 18.3. The van der Waals surface area contributed by atoms with Crippen LogP contribution in [-0.2, 0) is 17.9 Å². The second-order valence-electron chi connectivity index (χ2n) is 8.06. The highest BCUT2D eigenvalue weighted by Gasteiger charge is 2.21. The molecule has 0 unspecified atom stereocenters. The molecular formula is C23H28N4O5. The molecule has 1 aromatic carbocycles. The van der Waals surface area contributed by atoms with Crippen LogP contribution in [0.1, 0.15) is 41.4 Å². The van der Waals surface area contributed by atoms with E-state index in [0.717, 1.165) is 42.8 Å². The van der Waals surface area contributed by atoms with Gasteiger partial charge in [0.15, 0.2) is 0 Å². The number of nitrogens with one attached hydrogen (secondary N) is 1. The monoisotopic (exact) mass is 440 g/mol. The van der Waals surface area contributed by atoms with Gasteiger partial charge in [-0.1, -0.05) is 6.92 Å². The van der Waals surface area contributed by atoms with Gasteiger partial charge in [0.2, 0.25) is 5.95 Å². The van der Waals surface area contributed by atoms with E-state index in [-0.39, 0.29) is 12.2 Å². The molecule has 0 radical (unpaired) electrons. The number of carboxylic acid groups (broad SMARTS) is 1. The largest absolute Gasteiger partial charge is 0.491 e. The molecule has 1 fully saturated rings. The Morgan fingerprint density at radius 1 is 1.28 bits per heavy atom. The van der Waals surface area contributed by atoms with Crippen LogP contribution in [0, 0.1) is 12.8 Å². The zero-order chi connectivity index (χ0) is 22.7. The second-order valence-corrected chi connectivity index (χ2v) is 8.06. The first-order chi connectivity index (χ1) is 15.5. The average molecular weight is 441 g/mol. The number of nitrogens with zero attached hydrogens (tertiary/aromatic N) is 3. The van der Waals surface area contributed by atoms with Crippen LogP contribution in [0.15, 0.2) is 24.3 Å². The number of ether oxygens (including phenoxy) is 2. The van der Waals surface area contributed by atoms with Crippen molar-refractivity contribution in [2.75, 3.05) is 25.1 Å². The van der Waals surface area contributed by atoms with Crippen LogP contribution in [0.5, 0.6) is 5.75 Å². The molecule has 0 spiro atoms. The molecule has 3 N–H and O–H groups in total. The van der Waals surface area contributed by atoms with Crippen molar-refractivity contribution in [2.45, 2.75) is 39.8 Å². The lowest BCUT2D eigenvalue weighted by atomic mass is 10.1. The Kier molecular flexibility index (Phi) is 6.57. The van der Waals surface area contributed by atoms with E-state index in [1.165, 1.54) is 0 Å². The number of hydrogen-bond acceptors (Lipinski definition) is 7. The molecule has 0 saturated carbocycles. The summed E-state index contributed by atoms with van der Waals surface area (Å²) in [6.45, 7) is 6.46. The molecule has 0 amide bonds. The minimum absolute atomic E-state index is 0.0879. The SMILES string of the molecule is CCCn1c(Nc2cc(CO)cc(C)n2)nc2cc(C(=O)O)cc(OCCC3COC3)c21. The summed E-state index contributed by atoms with van der Waals surface area (Å²) in [5, 5.41) is 22.3. The summed E-state index contributed by atoms with van der Waals surface area (Å²) in [5.74, 6) is 1.06. The van der Waals surface area contributed by atoms with E-state index in [9.17, 15) is 15.0 Å². The van der Waals surface area contributed by atoms with Gasteiger partial charge in [-0.3, -0.25) is 0 Å². The maximum Gasteiger partial charge on any atom is 0.335 e. The summed E-state index contributed by atoms with van der Waals surface area (Å²) in [6, 6.07) is 6.71. The molecule has 3 heterocycles. The summed E-state index contributed by atoms with van der Waals surface area (Å²) >= 11 is 0. The van der Waals surface area contributed by atoms with Gasteiger partial charge in [0.25, 0.3) is 0 Å². The Hall–Kier alpha value is -3.17. The molecule has 0 aliphatic carbocycles. The molecule has 4 rings (SSSR count). The molecule has 9 heteroatoms. The number of fused-ring (bicyclic) bond motifs is 1. The van der Waals surface area contributed by atoms with Gasteiger partial charge in [-0.05, 0) is 49.6 Å². The predicted octanol–water partition coefficient (Wildman–Crippen LogP) is 3.50. The van der Waals surface area contributed by atoms with Crippen LogP contribution in [-0.4, -0.2) is 50.5 Å². The van der Waals surface area contributed by atoms with Gasteiger partial charge in [-0.15, -0.1) is 0 Å². The Bertz CT molecular complexity index is 1120. The molecule has 0 bridgehead atoms. The summed E-state index contributed by atoms with van der Waals surface area (Å²) < 4.78 is 13.3. The van der Waals surface area contributed by atoms with E-state index in [4.69, 9.17) is 9.47 Å². The van der Waals surface area contributed by atoms with Crippen molar-refractivity contribution in [2.24, 2.45) is 5.92 Å². The van der Waals surface area contributed by atoms with Crippen LogP contribution < -0.4 is 10.1 Å². The highest BCUT2D eigenvalue weighted by molar-refractivity contribution is 5.96. The first kappa shape index (κ1) is 22.0. The number of carbonyl (C=O) groups is 1. The number of aryl methyl sites for hydroxylation is 2. The quantitative estimate of drug-likeness (QED) is 0.438. The Morgan fingerprint density at radius 2 is 2.09 bits per heavy atom. The molecule has 9 nitrogen and oxygen atoms in total. The first-order valence-electron chi connectivity index (χ1n) is 10.8. The summed E-state index contributed by atoms with van der Waals surface area (Å²) in [5.41, 5.74) is 2.94. The van der Waals surface area contributed by atoms with E-state index in [2.05, 4.69) is 22.2 Å². The fraction of sp³-hybridized carbons (Fsp3) is 0.435. The molecule has 170 valence electrons. The maximum atomic E-state index is 11.7. The number of anilines is 2. The third kappa shape index (κ3) is 4.68. The number of aliphatic hydroxyl groups excluding tert-OH is 1. The van der Waals surface area contributed by atoms with Crippen LogP contribution in [0.2, 0.25) is 0 Å². The average Bonchev–Trinajstić information content (AvgIpc) is 3.06.